The lowest BCUT2D eigenvalue weighted by Crippen LogP contribution is -2.30. The Morgan fingerprint density at radius 3 is 2.69 bits per heavy atom. The fourth-order valence-electron chi connectivity index (χ4n) is 2.09. The normalized spacial score (nSPS) is 19.4. The molecule has 0 bridgehead atoms. The number of nitrogens with one attached hydrogen (secondary N) is 1. The molecule has 2 nitrogen and oxygen atoms in total. The lowest BCUT2D eigenvalue weighted by atomic mass is 10.1. The van der Waals surface area contributed by atoms with Crippen LogP contribution in [-0.4, -0.2) is 11.1 Å². The second kappa shape index (κ2) is 4.64. The van der Waals surface area contributed by atoms with E-state index in [1.807, 2.05) is 6.07 Å². The van der Waals surface area contributed by atoms with Crippen LogP contribution in [0.5, 0.6) is 5.75 Å². The number of phenols is 1. The van der Waals surface area contributed by atoms with Gasteiger partial charge in [-0.2, -0.15) is 0 Å². The molecule has 3 heteroatoms. The van der Waals surface area contributed by atoms with Gasteiger partial charge >= 0.3 is 0 Å². The molecule has 88 valence electrons. The van der Waals surface area contributed by atoms with Crippen molar-refractivity contribution in [3.8, 4) is 5.75 Å². The monoisotopic (exact) mass is 239 g/mol. The van der Waals surface area contributed by atoms with Crippen LogP contribution in [0.1, 0.15) is 38.3 Å². The number of benzene rings is 1. The van der Waals surface area contributed by atoms with Gasteiger partial charge in [-0.25, -0.2) is 0 Å². The molecule has 2 unspecified atom stereocenters. The highest BCUT2D eigenvalue weighted by Crippen LogP contribution is 2.34. The van der Waals surface area contributed by atoms with E-state index in [0.29, 0.717) is 16.8 Å². The number of hydrogen-bond donors (Lipinski definition) is 2. The second-order valence-corrected chi connectivity index (χ2v) is 5.15. The Labute approximate surface area is 102 Å². The highest BCUT2D eigenvalue weighted by molar-refractivity contribution is 6.30. The van der Waals surface area contributed by atoms with E-state index in [0.717, 1.165) is 11.5 Å². The summed E-state index contributed by atoms with van der Waals surface area (Å²) in [6.07, 6.45) is 2.64. The summed E-state index contributed by atoms with van der Waals surface area (Å²) in [5.41, 5.74) is 0.875. The van der Waals surface area contributed by atoms with Gasteiger partial charge in [0.25, 0.3) is 0 Å². The summed E-state index contributed by atoms with van der Waals surface area (Å²) in [6.45, 7) is 4.26. The number of rotatable bonds is 4. The molecule has 1 aliphatic rings. The minimum atomic E-state index is 0.134. The first-order chi connectivity index (χ1) is 7.58. The predicted molar refractivity (Wildman–Crippen MR) is 66.9 cm³/mol. The van der Waals surface area contributed by atoms with E-state index in [4.69, 9.17) is 11.6 Å². The Bertz CT molecular complexity index is 376. The van der Waals surface area contributed by atoms with Gasteiger partial charge in [-0.3, -0.25) is 0 Å². The van der Waals surface area contributed by atoms with Crippen LogP contribution >= 0.6 is 11.6 Å². The molecule has 0 radical (unpaired) electrons. The summed E-state index contributed by atoms with van der Waals surface area (Å²) in [7, 11) is 0. The predicted octanol–water partition coefficient (Wildman–Crippen LogP) is 3.49. The Hall–Kier alpha value is -0.730. The minimum Gasteiger partial charge on any atom is -0.508 e. The van der Waals surface area contributed by atoms with Crippen molar-refractivity contribution in [2.24, 2.45) is 5.92 Å². The van der Waals surface area contributed by atoms with Gasteiger partial charge in [0.15, 0.2) is 0 Å². The molecule has 1 aliphatic carbocycles. The fraction of sp³-hybridized carbons (Fsp3) is 0.538. The third-order valence-electron chi connectivity index (χ3n) is 3.30. The second-order valence-electron chi connectivity index (χ2n) is 4.72. The van der Waals surface area contributed by atoms with E-state index in [-0.39, 0.29) is 6.04 Å². The van der Waals surface area contributed by atoms with E-state index in [1.165, 1.54) is 12.8 Å². The average molecular weight is 240 g/mol. The van der Waals surface area contributed by atoms with Crippen molar-refractivity contribution in [2.75, 3.05) is 0 Å². The quantitative estimate of drug-likeness (QED) is 0.843. The zero-order valence-electron chi connectivity index (χ0n) is 9.70. The smallest absolute Gasteiger partial charge is 0.120 e. The van der Waals surface area contributed by atoms with Crippen molar-refractivity contribution in [3.05, 3.63) is 28.8 Å². The first-order valence-corrected chi connectivity index (χ1v) is 6.20. The maximum atomic E-state index is 9.77. The SMILES string of the molecule is CC(NC(C)C1CC1)c1cc(Cl)ccc1O. The summed E-state index contributed by atoms with van der Waals surface area (Å²) < 4.78 is 0. The van der Waals surface area contributed by atoms with Crippen LogP contribution in [0.2, 0.25) is 5.02 Å². The van der Waals surface area contributed by atoms with Gasteiger partial charge in [-0.1, -0.05) is 11.6 Å². The van der Waals surface area contributed by atoms with Gasteiger partial charge in [0.2, 0.25) is 0 Å². The number of hydrogen-bond acceptors (Lipinski definition) is 2. The van der Waals surface area contributed by atoms with Crippen LogP contribution in [0.15, 0.2) is 18.2 Å². The van der Waals surface area contributed by atoms with Crippen LogP contribution in [0.3, 0.4) is 0 Å². The highest BCUT2D eigenvalue weighted by atomic mass is 35.5. The molecular weight excluding hydrogens is 222 g/mol. The fourth-order valence-corrected chi connectivity index (χ4v) is 2.27. The van der Waals surface area contributed by atoms with Crippen LogP contribution in [0.25, 0.3) is 0 Å². The maximum Gasteiger partial charge on any atom is 0.120 e. The van der Waals surface area contributed by atoms with Gasteiger partial charge in [-0.05, 0) is 50.8 Å². The van der Waals surface area contributed by atoms with Gasteiger partial charge < -0.3 is 10.4 Å². The van der Waals surface area contributed by atoms with Crippen LogP contribution in [-0.2, 0) is 0 Å². The Morgan fingerprint density at radius 1 is 1.38 bits per heavy atom. The molecule has 0 heterocycles. The van der Waals surface area contributed by atoms with Crippen molar-refractivity contribution in [2.45, 2.75) is 38.8 Å². The molecule has 16 heavy (non-hydrogen) atoms. The van der Waals surface area contributed by atoms with Gasteiger partial charge in [0.05, 0.1) is 0 Å². The summed E-state index contributed by atoms with van der Waals surface area (Å²) in [5, 5.41) is 13.9. The van der Waals surface area contributed by atoms with Crippen LogP contribution in [0.4, 0.5) is 0 Å². The van der Waals surface area contributed by atoms with Gasteiger partial charge in [0.1, 0.15) is 5.75 Å². The lowest BCUT2D eigenvalue weighted by Gasteiger charge is -2.21. The van der Waals surface area contributed by atoms with E-state index >= 15 is 0 Å². The molecule has 1 saturated carbocycles. The summed E-state index contributed by atoms with van der Waals surface area (Å²) in [4.78, 5) is 0. The molecule has 0 spiro atoms. The molecular formula is C13H18ClNO. The topological polar surface area (TPSA) is 32.3 Å². The largest absolute Gasteiger partial charge is 0.508 e. The molecule has 0 amide bonds. The van der Waals surface area contributed by atoms with Crippen molar-refractivity contribution >= 4 is 11.6 Å². The van der Waals surface area contributed by atoms with E-state index in [1.54, 1.807) is 12.1 Å². The zero-order chi connectivity index (χ0) is 11.7. The molecule has 1 aromatic carbocycles. The van der Waals surface area contributed by atoms with Crippen molar-refractivity contribution < 1.29 is 5.11 Å². The summed E-state index contributed by atoms with van der Waals surface area (Å²) in [6, 6.07) is 5.83. The standard InChI is InChI=1S/C13H18ClNO/c1-8(10-3-4-10)15-9(2)12-7-11(14)5-6-13(12)16/h5-10,15-16H,3-4H2,1-2H3. The summed E-state index contributed by atoms with van der Waals surface area (Å²) >= 11 is 5.93. The van der Waals surface area contributed by atoms with E-state index < -0.39 is 0 Å². The zero-order valence-corrected chi connectivity index (χ0v) is 10.5. The molecule has 2 N–H and O–H groups in total. The maximum absolute atomic E-state index is 9.77. The molecule has 0 saturated heterocycles. The molecule has 1 fully saturated rings. The molecule has 1 aromatic rings. The van der Waals surface area contributed by atoms with E-state index in [2.05, 4.69) is 19.2 Å². The van der Waals surface area contributed by atoms with Crippen molar-refractivity contribution in [3.63, 3.8) is 0 Å². The number of halogens is 1. The lowest BCUT2D eigenvalue weighted by molar-refractivity contribution is 0.416. The Kier molecular flexibility index (Phi) is 3.41. The first-order valence-electron chi connectivity index (χ1n) is 5.82. The molecule has 2 rings (SSSR count). The van der Waals surface area contributed by atoms with Crippen LogP contribution in [0, 0.1) is 5.92 Å². The Balaban J connectivity index is 2.06. The van der Waals surface area contributed by atoms with Gasteiger partial charge in [-0.15, -0.1) is 0 Å². The third-order valence-corrected chi connectivity index (χ3v) is 3.53. The van der Waals surface area contributed by atoms with Gasteiger partial charge in [0, 0.05) is 22.7 Å². The van der Waals surface area contributed by atoms with Crippen LogP contribution < -0.4 is 5.32 Å². The third kappa shape index (κ3) is 2.69. The molecule has 2 atom stereocenters. The molecule has 0 aliphatic heterocycles. The number of aromatic hydroxyl groups is 1. The summed E-state index contributed by atoms with van der Waals surface area (Å²) in [5.74, 6) is 1.12. The highest BCUT2D eigenvalue weighted by Gasteiger charge is 2.29. The van der Waals surface area contributed by atoms with Crippen molar-refractivity contribution in [1.29, 1.82) is 0 Å². The number of phenolic OH excluding ortho intramolecular Hbond substituents is 1. The van der Waals surface area contributed by atoms with E-state index in [9.17, 15) is 5.11 Å². The Morgan fingerprint density at radius 2 is 2.06 bits per heavy atom. The average Bonchev–Trinajstić information content (AvgIpc) is 3.04. The van der Waals surface area contributed by atoms with Crippen molar-refractivity contribution in [1.82, 2.24) is 5.32 Å². The minimum absolute atomic E-state index is 0.134. The first kappa shape index (κ1) is 11.7. The molecule has 0 aromatic heterocycles.